The monoisotopic (exact) mass is 326 g/mol. The predicted molar refractivity (Wildman–Crippen MR) is 89.3 cm³/mol. The lowest BCUT2D eigenvalue weighted by atomic mass is 10.0. The molecule has 0 saturated heterocycles. The van der Waals surface area contributed by atoms with E-state index in [1.807, 2.05) is 26.0 Å². The van der Waals surface area contributed by atoms with Crippen LogP contribution in [0.4, 0.5) is 0 Å². The van der Waals surface area contributed by atoms with Crippen molar-refractivity contribution in [2.75, 3.05) is 0 Å². The van der Waals surface area contributed by atoms with E-state index in [0.717, 1.165) is 16.5 Å². The van der Waals surface area contributed by atoms with E-state index in [0.29, 0.717) is 28.2 Å². The first kappa shape index (κ1) is 16.1. The molecule has 5 heteroatoms. The molecule has 0 N–H and O–H groups in total. The first-order valence-corrected chi connectivity index (χ1v) is 7.64. The van der Waals surface area contributed by atoms with Crippen molar-refractivity contribution in [1.82, 2.24) is 0 Å². The molecular weight excluding hydrogens is 308 g/mol. The molecule has 3 aromatic rings. The fourth-order valence-electron chi connectivity index (χ4n) is 2.70. The van der Waals surface area contributed by atoms with E-state index in [4.69, 9.17) is 13.6 Å². The van der Waals surface area contributed by atoms with Crippen LogP contribution in [0.25, 0.3) is 11.0 Å². The molecule has 1 aromatic carbocycles. The van der Waals surface area contributed by atoms with Gasteiger partial charge in [-0.15, -0.1) is 0 Å². The molecule has 0 aliphatic heterocycles. The molecule has 2 aromatic heterocycles. The smallest absolute Gasteiger partial charge is 0.342 e. The summed E-state index contributed by atoms with van der Waals surface area (Å²) in [6.07, 6.45) is 0. The molecule has 0 radical (unpaired) electrons. The number of carbonyl (C=O) groups excluding carboxylic acids is 1. The van der Waals surface area contributed by atoms with Crippen LogP contribution in [0, 0.1) is 27.7 Å². The first-order valence-electron chi connectivity index (χ1n) is 7.64. The second-order valence-corrected chi connectivity index (χ2v) is 5.88. The molecule has 0 fully saturated rings. The van der Waals surface area contributed by atoms with Crippen molar-refractivity contribution in [2.24, 2.45) is 0 Å². The zero-order valence-corrected chi connectivity index (χ0v) is 14.1. The minimum absolute atomic E-state index is 0.00684. The van der Waals surface area contributed by atoms with Crippen LogP contribution in [0.5, 0.6) is 0 Å². The number of benzene rings is 1. The van der Waals surface area contributed by atoms with Gasteiger partial charge in [0.2, 0.25) is 0 Å². The van der Waals surface area contributed by atoms with Gasteiger partial charge in [0.1, 0.15) is 29.3 Å². The molecule has 0 bridgehead atoms. The number of rotatable bonds is 3. The Hall–Kier alpha value is -2.82. The summed E-state index contributed by atoms with van der Waals surface area (Å²) in [5, 5.41) is 0.769. The molecule has 124 valence electrons. The highest BCUT2D eigenvalue weighted by molar-refractivity contribution is 5.91. The van der Waals surface area contributed by atoms with Crippen molar-refractivity contribution < 1.29 is 18.4 Å². The number of hydrogen-bond acceptors (Lipinski definition) is 5. The molecule has 0 aliphatic carbocycles. The zero-order chi connectivity index (χ0) is 17.4. The molecule has 0 saturated carbocycles. The maximum absolute atomic E-state index is 12.2. The summed E-state index contributed by atoms with van der Waals surface area (Å²) in [6.45, 7) is 7.32. The van der Waals surface area contributed by atoms with Crippen molar-refractivity contribution in [3.8, 4) is 0 Å². The van der Waals surface area contributed by atoms with Crippen molar-refractivity contribution >= 4 is 16.9 Å². The second kappa shape index (κ2) is 6.00. The van der Waals surface area contributed by atoms with E-state index < -0.39 is 11.6 Å². The topological polar surface area (TPSA) is 69.7 Å². The van der Waals surface area contributed by atoms with Gasteiger partial charge in [0.25, 0.3) is 0 Å². The third-order valence-corrected chi connectivity index (χ3v) is 4.14. The molecule has 5 nitrogen and oxygen atoms in total. The predicted octanol–water partition coefficient (Wildman–Crippen LogP) is 3.98. The Bertz CT molecular complexity index is 991. The molecule has 0 aliphatic rings. The van der Waals surface area contributed by atoms with Crippen molar-refractivity contribution in [2.45, 2.75) is 34.3 Å². The number of aryl methyl sites for hydroxylation is 4. The highest BCUT2D eigenvalue weighted by atomic mass is 16.5. The van der Waals surface area contributed by atoms with Gasteiger partial charge in [-0.2, -0.15) is 0 Å². The molecule has 0 spiro atoms. The fourth-order valence-corrected chi connectivity index (χ4v) is 2.70. The lowest BCUT2D eigenvalue weighted by molar-refractivity contribution is 0.0472. The number of furan rings is 1. The second-order valence-electron chi connectivity index (χ2n) is 5.88. The van der Waals surface area contributed by atoms with Gasteiger partial charge in [0.15, 0.2) is 0 Å². The van der Waals surface area contributed by atoms with Gasteiger partial charge in [0.05, 0.1) is 0 Å². The number of ether oxygens (including phenoxy) is 1. The Balaban J connectivity index is 1.93. The summed E-state index contributed by atoms with van der Waals surface area (Å²) in [7, 11) is 0. The van der Waals surface area contributed by atoms with Crippen LogP contribution in [0.2, 0.25) is 0 Å². The van der Waals surface area contributed by atoms with Crippen LogP contribution >= 0.6 is 0 Å². The highest BCUT2D eigenvalue weighted by Crippen LogP contribution is 2.24. The average molecular weight is 326 g/mol. The maximum atomic E-state index is 12.2. The number of fused-ring (bicyclic) bond motifs is 1. The van der Waals surface area contributed by atoms with Crippen LogP contribution < -0.4 is 5.63 Å². The Morgan fingerprint density at radius 3 is 2.50 bits per heavy atom. The summed E-state index contributed by atoms with van der Waals surface area (Å²) in [4.78, 5) is 24.0. The summed E-state index contributed by atoms with van der Waals surface area (Å²) in [6, 6.07) is 6.82. The summed E-state index contributed by atoms with van der Waals surface area (Å²) >= 11 is 0. The molecule has 0 amide bonds. The Morgan fingerprint density at radius 1 is 1.08 bits per heavy atom. The quantitative estimate of drug-likeness (QED) is 0.538. The molecular formula is C19H18O5. The number of carbonyl (C=O) groups is 1. The Labute approximate surface area is 138 Å². The average Bonchev–Trinajstić information content (AvgIpc) is 2.87. The molecule has 3 rings (SSSR count). The fraction of sp³-hybridized carbons (Fsp3) is 0.263. The lowest BCUT2D eigenvalue weighted by Crippen LogP contribution is -2.08. The Kier molecular flexibility index (Phi) is 4.01. The van der Waals surface area contributed by atoms with E-state index in [1.165, 1.54) is 6.07 Å². The summed E-state index contributed by atoms with van der Waals surface area (Å²) in [5.74, 6) is 0.687. The minimum atomic E-state index is -0.477. The lowest BCUT2D eigenvalue weighted by Gasteiger charge is -2.09. The van der Waals surface area contributed by atoms with Crippen LogP contribution in [0.15, 0.2) is 37.9 Å². The van der Waals surface area contributed by atoms with E-state index in [2.05, 4.69) is 0 Å². The van der Waals surface area contributed by atoms with Gasteiger partial charge < -0.3 is 13.6 Å². The third-order valence-electron chi connectivity index (χ3n) is 4.14. The summed E-state index contributed by atoms with van der Waals surface area (Å²) in [5.41, 5.74) is 3.02. The Morgan fingerprint density at radius 2 is 1.83 bits per heavy atom. The van der Waals surface area contributed by atoms with E-state index >= 15 is 0 Å². The van der Waals surface area contributed by atoms with Crippen LogP contribution in [-0.2, 0) is 11.3 Å². The minimum Gasteiger partial charge on any atom is -0.466 e. The standard InChI is InChI=1S/C19H18O5/c1-10-5-6-15-14(8-17(20)24-18(15)12(10)3)9-22-19(21)16-7-11(2)23-13(16)4/h5-8H,9H2,1-4H3. The van der Waals surface area contributed by atoms with Crippen molar-refractivity contribution in [3.05, 3.63) is 68.5 Å². The SMILES string of the molecule is Cc1cc(C(=O)OCc2cc(=O)oc3c(C)c(C)ccc23)c(C)o1. The normalized spacial score (nSPS) is 11.0. The molecule has 0 atom stereocenters. The first-order chi connectivity index (χ1) is 11.4. The largest absolute Gasteiger partial charge is 0.466 e. The van der Waals surface area contributed by atoms with Gasteiger partial charge in [-0.05, 0) is 44.9 Å². The third kappa shape index (κ3) is 2.85. The molecule has 2 heterocycles. The van der Waals surface area contributed by atoms with Gasteiger partial charge in [-0.3, -0.25) is 0 Å². The summed E-state index contributed by atoms with van der Waals surface area (Å²) < 4.78 is 16.0. The maximum Gasteiger partial charge on any atom is 0.342 e. The molecule has 24 heavy (non-hydrogen) atoms. The van der Waals surface area contributed by atoms with E-state index in [-0.39, 0.29) is 6.61 Å². The van der Waals surface area contributed by atoms with Crippen molar-refractivity contribution in [3.63, 3.8) is 0 Å². The van der Waals surface area contributed by atoms with Crippen molar-refractivity contribution in [1.29, 1.82) is 0 Å². The number of hydrogen-bond donors (Lipinski definition) is 0. The number of esters is 1. The highest BCUT2D eigenvalue weighted by Gasteiger charge is 2.16. The van der Waals surface area contributed by atoms with E-state index in [1.54, 1.807) is 19.9 Å². The van der Waals surface area contributed by atoms with Gasteiger partial charge >= 0.3 is 11.6 Å². The zero-order valence-electron chi connectivity index (χ0n) is 14.1. The van der Waals surface area contributed by atoms with Gasteiger partial charge in [-0.1, -0.05) is 12.1 Å². The van der Waals surface area contributed by atoms with Crippen LogP contribution in [0.1, 0.15) is 38.6 Å². The molecule has 0 unspecified atom stereocenters. The van der Waals surface area contributed by atoms with E-state index in [9.17, 15) is 9.59 Å². The van der Waals surface area contributed by atoms with Gasteiger partial charge in [0, 0.05) is 17.0 Å². The van der Waals surface area contributed by atoms with Gasteiger partial charge in [-0.25, -0.2) is 9.59 Å². The van der Waals surface area contributed by atoms with Crippen LogP contribution in [-0.4, -0.2) is 5.97 Å². The van der Waals surface area contributed by atoms with Crippen LogP contribution in [0.3, 0.4) is 0 Å².